The number of anilines is 1. The van der Waals surface area contributed by atoms with Crippen molar-refractivity contribution < 1.29 is 14.3 Å². The van der Waals surface area contributed by atoms with Gasteiger partial charge in [-0.1, -0.05) is 0 Å². The monoisotopic (exact) mass is 384 g/mol. The van der Waals surface area contributed by atoms with Crippen LogP contribution in [0.4, 0.5) is 10.1 Å². The first-order chi connectivity index (χ1) is 11.9. The molecule has 1 fully saturated rings. The van der Waals surface area contributed by atoms with Crippen LogP contribution in [0.1, 0.15) is 16.8 Å². The number of nitrogens with zero attached hydrogens (tertiary/aromatic N) is 3. The van der Waals surface area contributed by atoms with Crippen LogP contribution in [0.25, 0.3) is 10.9 Å². The molecule has 0 radical (unpaired) electrons. The molecule has 142 valence electrons. The van der Waals surface area contributed by atoms with E-state index in [9.17, 15) is 19.1 Å². The van der Waals surface area contributed by atoms with Crippen LogP contribution in [0.3, 0.4) is 0 Å². The van der Waals surface area contributed by atoms with Crippen molar-refractivity contribution in [1.82, 2.24) is 9.58 Å². The number of carbonyl (C=O) groups is 1. The van der Waals surface area contributed by atoms with Crippen molar-refractivity contribution in [2.24, 2.45) is 0 Å². The lowest BCUT2D eigenvalue weighted by molar-refractivity contribution is 0.0695. The molecule has 0 amide bonds. The molecule has 1 saturated heterocycles. The Balaban J connectivity index is 0.00000243. The largest absolute Gasteiger partial charge is 0.477 e. The topological polar surface area (TPSA) is 77.8 Å². The van der Waals surface area contributed by atoms with E-state index < -0.39 is 22.8 Å². The zero-order valence-electron chi connectivity index (χ0n) is 14.7. The molecule has 0 saturated carbocycles. The molecule has 3 rings (SSSR count). The molecule has 2 aromatic rings. The van der Waals surface area contributed by atoms with Gasteiger partial charge in [-0.2, -0.15) is 0 Å². The Morgan fingerprint density at radius 3 is 2.62 bits per heavy atom. The number of likely N-dealkylation sites (N-methyl/N-ethyl adjacent to an activating group) is 1. The molecule has 2 N–H and O–H groups in total. The maximum absolute atomic E-state index is 14.7. The zero-order chi connectivity index (χ0) is 18.1. The first-order valence-electron chi connectivity index (χ1n) is 8.16. The van der Waals surface area contributed by atoms with Gasteiger partial charge in [-0.3, -0.25) is 9.47 Å². The molecule has 0 bridgehead atoms. The normalized spacial score (nSPS) is 15.4. The third kappa shape index (κ3) is 3.61. The van der Waals surface area contributed by atoms with Crippen LogP contribution in [0.5, 0.6) is 0 Å². The van der Waals surface area contributed by atoms with Crippen LogP contribution in [0.2, 0.25) is 0 Å². The minimum absolute atomic E-state index is 0. The summed E-state index contributed by atoms with van der Waals surface area (Å²) in [5.74, 6) is -1.85. The Labute approximate surface area is 156 Å². The molecule has 1 aromatic carbocycles. The van der Waals surface area contributed by atoms with Crippen LogP contribution in [0.15, 0.2) is 23.1 Å². The summed E-state index contributed by atoms with van der Waals surface area (Å²) in [6.07, 6.45) is 2.15. The van der Waals surface area contributed by atoms with Gasteiger partial charge in [0.05, 0.1) is 16.6 Å². The highest BCUT2D eigenvalue weighted by atomic mass is 35.5. The Morgan fingerprint density at radius 1 is 1.23 bits per heavy atom. The number of pyridine rings is 1. The molecule has 0 unspecified atom stereocenters. The molecule has 1 aromatic heterocycles. The standard InChI is InChI=1S/C17H21FN4O3.ClH/c1-19-22-10-12(17(24)25)16(23)11-8-13(18)15(9-14(11)22)21-5-3-4-20(2)6-7-21;/h8-10,19H,3-7H2,1-2H3,(H,24,25);1H. The third-order valence-corrected chi connectivity index (χ3v) is 4.60. The van der Waals surface area contributed by atoms with Gasteiger partial charge >= 0.3 is 5.97 Å². The van der Waals surface area contributed by atoms with Gasteiger partial charge < -0.3 is 20.3 Å². The fourth-order valence-corrected chi connectivity index (χ4v) is 3.20. The summed E-state index contributed by atoms with van der Waals surface area (Å²) in [6.45, 7) is 3.20. The number of aromatic carboxylic acids is 1. The van der Waals surface area contributed by atoms with E-state index in [0.717, 1.165) is 32.1 Å². The Hall–Kier alpha value is -2.32. The predicted octanol–water partition coefficient (Wildman–Crippen LogP) is 1.58. The highest BCUT2D eigenvalue weighted by molar-refractivity contribution is 5.93. The number of fused-ring (bicyclic) bond motifs is 1. The first-order valence-corrected chi connectivity index (χ1v) is 8.16. The van der Waals surface area contributed by atoms with E-state index in [1.54, 1.807) is 13.1 Å². The molecule has 1 aliphatic rings. The third-order valence-electron chi connectivity index (χ3n) is 4.60. The van der Waals surface area contributed by atoms with E-state index in [2.05, 4.69) is 10.3 Å². The number of rotatable bonds is 3. The average molecular weight is 385 g/mol. The summed E-state index contributed by atoms with van der Waals surface area (Å²) in [4.78, 5) is 27.8. The number of nitrogens with one attached hydrogen (secondary N) is 1. The minimum atomic E-state index is -1.34. The molecule has 0 atom stereocenters. The van der Waals surface area contributed by atoms with E-state index in [1.807, 2.05) is 11.9 Å². The van der Waals surface area contributed by atoms with Crippen LogP contribution < -0.4 is 15.8 Å². The van der Waals surface area contributed by atoms with Gasteiger partial charge in [0, 0.05) is 32.9 Å². The zero-order valence-corrected chi connectivity index (χ0v) is 15.5. The SMILES string of the molecule is CNn1cc(C(=O)O)c(=O)c2cc(F)c(N3CCCN(C)CC3)cc21.Cl. The number of aromatic nitrogens is 1. The Morgan fingerprint density at radius 2 is 1.96 bits per heavy atom. The summed E-state index contributed by atoms with van der Waals surface area (Å²) in [7, 11) is 3.64. The van der Waals surface area contributed by atoms with Crippen LogP contribution >= 0.6 is 12.4 Å². The predicted molar refractivity (Wildman–Crippen MR) is 102 cm³/mol. The van der Waals surface area contributed by atoms with E-state index in [0.29, 0.717) is 17.7 Å². The molecule has 0 spiro atoms. The lowest BCUT2D eigenvalue weighted by atomic mass is 10.1. The molecule has 0 aliphatic carbocycles. The fraction of sp³-hybridized carbons (Fsp3) is 0.412. The van der Waals surface area contributed by atoms with Crippen molar-refractivity contribution in [3.05, 3.63) is 39.9 Å². The van der Waals surface area contributed by atoms with Crippen molar-refractivity contribution in [3.63, 3.8) is 0 Å². The second kappa shape index (κ2) is 7.92. The van der Waals surface area contributed by atoms with E-state index >= 15 is 0 Å². The summed E-state index contributed by atoms with van der Waals surface area (Å²) < 4.78 is 16.1. The average Bonchev–Trinajstić information content (AvgIpc) is 2.79. The van der Waals surface area contributed by atoms with E-state index in [4.69, 9.17) is 0 Å². The molecule has 26 heavy (non-hydrogen) atoms. The second-order valence-electron chi connectivity index (χ2n) is 6.24. The lowest BCUT2D eigenvalue weighted by Gasteiger charge is -2.24. The molecular formula is C17H22ClFN4O3. The number of carboxylic acid groups (broad SMARTS) is 1. The van der Waals surface area contributed by atoms with Gasteiger partial charge in [0.15, 0.2) is 0 Å². The van der Waals surface area contributed by atoms with Crippen LogP contribution in [0, 0.1) is 5.82 Å². The van der Waals surface area contributed by atoms with Gasteiger partial charge in [0.25, 0.3) is 0 Å². The van der Waals surface area contributed by atoms with Crippen molar-refractivity contribution in [2.75, 3.05) is 50.6 Å². The molecule has 1 aliphatic heterocycles. The molecular weight excluding hydrogens is 363 g/mol. The smallest absolute Gasteiger partial charge is 0.341 e. The minimum Gasteiger partial charge on any atom is -0.477 e. The maximum Gasteiger partial charge on any atom is 0.341 e. The van der Waals surface area contributed by atoms with Crippen LogP contribution in [-0.2, 0) is 0 Å². The quantitative estimate of drug-likeness (QED) is 0.836. The fourth-order valence-electron chi connectivity index (χ4n) is 3.20. The Kier molecular flexibility index (Phi) is 6.09. The summed E-state index contributed by atoms with van der Waals surface area (Å²) >= 11 is 0. The second-order valence-corrected chi connectivity index (χ2v) is 6.24. The van der Waals surface area contributed by atoms with Crippen molar-refractivity contribution >= 4 is 35.0 Å². The van der Waals surface area contributed by atoms with Crippen LogP contribution in [-0.4, -0.2) is 60.9 Å². The number of hydrogen-bond acceptors (Lipinski definition) is 5. The van der Waals surface area contributed by atoms with Crippen molar-refractivity contribution in [2.45, 2.75) is 6.42 Å². The number of hydrogen-bond donors (Lipinski definition) is 2. The van der Waals surface area contributed by atoms with Crippen molar-refractivity contribution in [3.8, 4) is 0 Å². The first kappa shape index (κ1) is 20.0. The number of halogens is 2. The number of benzene rings is 1. The highest BCUT2D eigenvalue weighted by Crippen LogP contribution is 2.25. The molecule has 2 heterocycles. The van der Waals surface area contributed by atoms with Crippen molar-refractivity contribution in [1.29, 1.82) is 0 Å². The number of carboxylic acids is 1. The Bertz CT molecular complexity index is 886. The molecule has 7 nitrogen and oxygen atoms in total. The summed E-state index contributed by atoms with van der Waals surface area (Å²) in [5.41, 5.74) is 2.62. The lowest BCUT2D eigenvalue weighted by Crippen LogP contribution is -2.30. The highest BCUT2D eigenvalue weighted by Gasteiger charge is 2.20. The summed E-state index contributed by atoms with van der Waals surface area (Å²) in [5, 5.41) is 9.23. The maximum atomic E-state index is 14.7. The van der Waals surface area contributed by atoms with E-state index in [-0.39, 0.29) is 17.8 Å². The summed E-state index contributed by atoms with van der Waals surface area (Å²) in [6, 6.07) is 2.75. The van der Waals surface area contributed by atoms with Gasteiger partial charge in [-0.05, 0) is 32.1 Å². The van der Waals surface area contributed by atoms with Gasteiger partial charge in [0.2, 0.25) is 5.43 Å². The van der Waals surface area contributed by atoms with Gasteiger partial charge in [0.1, 0.15) is 11.4 Å². The van der Waals surface area contributed by atoms with Gasteiger partial charge in [-0.25, -0.2) is 9.18 Å². The van der Waals surface area contributed by atoms with E-state index in [1.165, 1.54) is 10.9 Å². The van der Waals surface area contributed by atoms with Gasteiger partial charge in [-0.15, -0.1) is 12.4 Å². The molecule has 9 heteroatoms.